The zero-order chi connectivity index (χ0) is 13.9. The molecule has 1 saturated heterocycles. The number of rotatable bonds is 4. The van der Waals surface area contributed by atoms with Gasteiger partial charge in [-0.1, -0.05) is 12.8 Å². The van der Waals surface area contributed by atoms with Crippen LogP contribution in [0, 0.1) is 5.92 Å². The van der Waals surface area contributed by atoms with Crippen molar-refractivity contribution in [2.75, 3.05) is 6.54 Å². The molecule has 20 heavy (non-hydrogen) atoms. The van der Waals surface area contributed by atoms with Crippen LogP contribution in [-0.2, 0) is 16.1 Å². The Labute approximate surface area is 118 Å². The normalized spacial score (nSPS) is 23.5. The van der Waals surface area contributed by atoms with Gasteiger partial charge in [0.15, 0.2) is 0 Å². The number of nitrogens with zero attached hydrogens (tertiary/aromatic N) is 1. The van der Waals surface area contributed by atoms with Gasteiger partial charge >= 0.3 is 0 Å². The van der Waals surface area contributed by atoms with Crippen LogP contribution in [0.5, 0.6) is 0 Å². The van der Waals surface area contributed by atoms with E-state index >= 15 is 0 Å². The first-order valence-electron chi connectivity index (χ1n) is 7.33. The molecule has 1 saturated carbocycles. The molecule has 5 nitrogen and oxygen atoms in total. The van der Waals surface area contributed by atoms with Crippen LogP contribution in [-0.4, -0.2) is 29.3 Å². The van der Waals surface area contributed by atoms with Crippen molar-refractivity contribution in [2.45, 2.75) is 44.7 Å². The molecule has 0 unspecified atom stereocenters. The predicted octanol–water partition coefficient (Wildman–Crippen LogP) is 1.69. The molecule has 2 fully saturated rings. The summed E-state index contributed by atoms with van der Waals surface area (Å²) >= 11 is 0. The lowest BCUT2D eigenvalue weighted by atomic mass is 10.1. The number of furan rings is 1. The summed E-state index contributed by atoms with van der Waals surface area (Å²) in [4.78, 5) is 25.8. The molecule has 1 aromatic rings. The predicted molar refractivity (Wildman–Crippen MR) is 72.6 cm³/mol. The maximum Gasteiger partial charge on any atom is 0.225 e. The molecule has 0 aromatic carbocycles. The molecule has 5 heteroatoms. The summed E-state index contributed by atoms with van der Waals surface area (Å²) < 4.78 is 5.25. The molecular weight excluding hydrogens is 256 g/mol. The molecule has 2 aliphatic rings. The van der Waals surface area contributed by atoms with Gasteiger partial charge in [0.05, 0.1) is 18.7 Å². The summed E-state index contributed by atoms with van der Waals surface area (Å²) in [6.07, 6.45) is 6.45. The van der Waals surface area contributed by atoms with E-state index in [1.807, 2.05) is 6.07 Å². The summed E-state index contributed by atoms with van der Waals surface area (Å²) in [6.45, 7) is 0.955. The number of hydrogen-bond donors (Lipinski definition) is 1. The molecule has 3 rings (SSSR count). The Balaban J connectivity index is 1.54. The van der Waals surface area contributed by atoms with Crippen LogP contribution in [0.2, 0.25) is 0 Å². The van der Waals surface area contributed by atoms with Gasteiger partial charge in [0, 0.05) is 19.0 Å². The summed E-state index contributed by atoms with van der Waals surface area (Å²) in [5.74, 6) is 0.619. The third-order valence-electron chi connectivity index (χ3n) is 4.21. The quantitative estimate of drug-likeness (QED) is 0.910. The van der Waals surface area contributed by atoms with Gasteiger partial charge in [-0.05, 0) is 25.0 Å². The van der Waals surface area contributed by atoms with E-state index in [-0.39, 0.29) is 17.7 Å². The third-order valence-corrected chi connectivity index (χ3v) is 4.21. The Morgan fingerprint density at radius 3 is 2.90 bits per heavy atom. The molecule has 2 amide bonds. The van der Waals surface area contributed by atoms with Crippen LogP contribution in [0.25, 0.3) is 0 Å². The molecular formula is C15H20N2O3. The van der Waals surface area contributed by atoms with Crippen LogP contribution in [0.4, 0.5) is 0 Å². The highest BCUT2D eigenvalue weighted by atomic mass is 16.3. The highest BCUT2D eigenvalue weighted by molar-refractivity contribution is 5.89. The fourth-order valence-corrected chi connectivity index (χ4v) is 3.08. The second-order valence-corrected chi connectivity index (χ2v) is 5.74. The van der Waals surface area contributed by atoms with E-state index in [9.17, 15) is 9.59 Å². The minimum absolute atomic E-state index is 0.0344. The smallest absolute Gasteiger partial charge is 0.225 e. The van der Waals surface area contributed by atoms with E-state index in [0.29, 0.717) is 25.6 Å². The fraction of sp³-hybridized carbons (Fsp3) is 0.600. The standard InChI is InChI=1S/C15H20N2O3/c18-14-8-11(15(19)16-12-4-1-2-5-12)9-17(14)10-13-6-3-7-20-13/h3,6-7,11-12H,1-2,4-5,8-10H2,(H,16,19)/t11-/m1/s1. The molecule has 1 atom stereocenters. The Bertz CT molecular complexity index is 477. The maximum atomic E-state index is 12.2. The molecule has 1 aromatic heterocycles. The Morgan fingerprint density at radius 1 is 1.40 bits per heavy atom. The van der Waals surface area contributed by atoms with E-state index in [1.165, 1.54) is 12.8 Å². The summed E-state index contributed by atoms with van der Waals surface area (Å²) in [7, 11) is 0. The number of amides is 2. The van der Waals surface area contributed by atoms with Crippen molar-refractivity contribution in [3.8, 4) is 0 Å². The van der Waals surface area contributed by atoms with Gasteiger partial charge in [-0.15, -0.1) is 0 Å². The summed E-state index contributed by atoms with van der Waals surface area (Å²) in [5.41, 5.74) is 0. The number of nitrogens with one attached hydrogen (secondary N) is 1. The molecule has 0 bridgehead atoms. The van der Waals surface area contributed by atoms with Gasteiger partial charge in [-0.3, -0.25) is 9.59 Å². The zero-order valence-electron chi connectivity index (χ0n) is 11.5. The van der Waals surface area contributed by atoms with E-state index in [2.05, 4.69) is 5.32 Å². The van der Waals surface area contributed by atoms with Crippen molar-refractivity contribution in [2.24, 2.45) is 5.92 Å². The monoisotopic (exact) mass is 276 g/mol. The fourth-order valence-electron chi connectivity index (χ4n) is 3.08. The second-order valence-electron chi connectivity index (χ2n) is 5.74. The Kier molecular flexibility index (Phi) is 3.76. The Morgan fingerprint density at radius 2 is 2.20 bits per heavy atom. The van der Waals surface area contributed by atoms with Gasteiger partial charge in [0.25, 0.3) is 0 Å². The second kappa shape index (κ2) is 5.69. The Hall–Kier alpha value is -1.78. The molecule has 0 radical (unpaired) electrons. The highest BCUT2D eigenvalue weighted by Crippen LogP contribution is 2.23. The number of carbonyl (C=O) groups excluding carboxylic acids is 2. The minimum Gasteiger partial charge on any atom is -0.467 e. The average molecular weight is 276 g/mol. The molecule has 1 aliphatic heterocycles. The van der Waals surface area contributed by atoms with Crippen LogP contribution >= 0.6 is 0 Å². The zero-order valence-corrected chi connectivity index (χ0v) is 11.5. The topological polar surface area (TPSA) is 62.6 Å². The van der Waals surface area contributed by atoms with Gasteiger partial charge in [0.2, 0.25) is 11.8 Å². The summed E-state index contributed by atoms with van der Waals surface area (Å²) in [5, 5.41) is 3.08. The van der Waals surface area contributed by atoms with Crippen LogP contribution < -0.4 is 5.32 Å². The van der Waals surface area contributed by atoms with Crippen LogP contribution in [0.3, 0.4) is 0 Å². The molecule has 1 N–H and O–H groups in total. The van der Waals surface area contributed by atoms with E-state index in [1.54, 1.807) is 17.2 Å². The van der Waals surface area contributed by atoms with Crippen LogP contribution in [0.15, 0.2) is 22.8 Å². The lowest BCUT2D eigenvalue weighted by Crippen LogP contribution is -2.38. The van der Waals surface area contributed by atoms with Crippen LogP contribution in [0.1, 0.15) is 37.9 Å². The van der Waals surface area contributed by atoms with E-state index in [0.717, 1.165) is 18.6 Å². The van der Waals surface area contributed by atoms with Crippen molar-refractivity contribution >= 4 is 11.8 Å². The first-order valence-corrected chi connectivity index (χ1v) is 7.33. The van der Waals surface area contributed by atoms with E-state index in [4.69, 9.17) is 4.42 Å². The van der Waals surface area contributed by atoms with Gasteiger partial charge in [-0.2, -0.15) is 0 Å². The van der Waals surface area contributed by atoms with Gasteiger partial charge in [0.1, 0.15) is 5.76 Å². The van der Waals surface area contributed by atoms with Crippen molar-refractivity contribution in [1.82, 2.24) is 10.2 Å². The van der Waals surface area contributed by atoms with Crippen molar-refractivity contribution in [1.29, 1.82) is 0 Å². The average Bonchev–Trinajstić information content (AvgIpc) is 3.13. The number of likely N-dealkylation sites (tertiary alicyclic amines) is 1. The first kappa shape index (κ1) is 13.2. The molecule has 0 spiro atoms. The SMILES string of the molecule is O=C(NC1CCCC1)[C@@H]1CC(=O)N(Cc2ccco2)C1. The van der Waals surface area contributed by atoms with Crippen molar-refractivity contribution in [3.63, 3.8) is 0 Å². The van der Waals surface area contributed by atoms with E-state index < -0.39 is 0 Å². The molecule has 108 valence electrons. The number of carbonyl (C=O) groups is 2. The highest BCUT2D eigenvalue weighted by Gasteiger charge is 2.35. The largest absolute Gasteiger partial charge is 0.467 e. The van der Waals surface area contributed by atoms with Crippen molar-refractivity contribution in [3.05, 3.63) is 24.2 Å². The number of hydrogen-bond acceptors (Lipinski definition) is 3. The minimum atomic E-state index is -0.210. The van der Waals surface area contributed by atoms with Gasteiger partial charge in [-0.25, -0.2) is 0 Å². The first-order chi connectivity index (χ1) is 9.72. The van der Waals surface area contributed by atoms with Gasteiger partial charge < -0.3 is 14.6 Å². The summed E-state index contributed by atoms with van der Waals surface area (Å²) in [6, 6.07) is 3.97. The third kappa shape index (κ3) is 2.86. The lowest BCUT2D eigenvalue weighted by Gasteiger charge is -2.17. The molecule has 1 aliphatic carbocycles. The maximum absolute atomic E-state index is 12.2. The van der Waals surface area contributed by atoms with Crippen molar-refractivity contribution < 1.29 is 14.0 Å². The lowest BCUT2D eigenvalue weighted by molar-refractivity contribution is -0.129. The molecule has 2 heterocycles.